The summed E-state index contributed by atoms with van der Waals surface area (Å²) in [6.45, 7) is 19.2. The Labute approximate surface area is 119 Å². The van der Waals surface area contributed by atoms with Crippen molar-refractivity contribution in [3.63, 3.8) is 0 Å². The zero-order chi connectivity index (χ0) is 14.1. The van der Waals surface area contributed by atoms with Crippen LogP contribution in [0.2, 0.25) is 0 Å². The summed E-state index contributed by atoms with van der Waals surface area (Å²) in [6, 6.07) is 0. The van der Waals surface area contributed by atoms with Crippen LogP contribution in [0, 0.1) is 5.92 Å². The predicted octanol–water partition coefficient (Wildman–Crippen LogP) is 2.18. The van der Waals surface area contributed by atoms with Gasteiger partial charge in [-0.15, -0.1) is 0 Å². The molecule has 19 heavy (non-hydrogen) atoms. The van der Waals surface area contributed by atoms with E-state index >= 15 is 0 Å². The van der Waals surface area contributed by atoms with E-state index in [1.165, 1.54) is 52.1 Å². The smallest absolute Gasteiger partial charge is 0.0183 e. The quantitative estimate of drug-likeness (QED) is 0.827. The first-order valence-corrected chi connectivity index (χ1v) is 8.02. The number of piperazine rings is 1. The molecule has 2 aliphatic rings. The molecule has 0 unspecified atom stereocenters. The maximum absolute atomic E-state index is 3.49. The molecule has 0 saturated carbocycles. The van der Waals surface area contributed by atoms with Crippen LogP contribution in [0.4, 0.5) is 0 Å². The van der Waals surface area contributed by atoms with Gasteiger partial charge in [0, 0.05) is 37.3 Å². The lowest BCUT2D eigenvalue weighted by Crippen LogP contribution is -2.61. The van der Waals surface area contributed by atoms with Gasteiger partial charge in [-0.25, -0.2) is 0 Å². The van der Waals surface area contributed by atoms with Crippen molar-refractivity contribution in [2.75, 3.05) is 39.3 Å². The van der Waals surface area contributed by atoms with Gasteiger partial charge in [-0.1, -0.05) is 0 Å². The van der Waals surface area contributed by atoms with Crippen LogP contribution in [-0.2, 0) is 0 Å². The van der Waals surface area contributed by atoms with Crippen molar-refractivity contribution in [2.24, 2.45) is 5.92 Å². The molecule has 0 aliphatic carbocycles. The van der Waals surface area contributed by atoms with Gasteiger partial charge < -0.3 is 5.32 Å². The SMILES string of the molecule is CC(C)(C)N1CCN(C(C)(C)C2CCNCC2)CC1. The van der Waals surface area contributed by atoms with Crippen LogP contribution in [0.5, 0.6) is 0 Å². The fourth-order valence-corrected chi connectivity index (χ4v) is 3.74. The molecule has 0 aromatic carbocycles. The molecule has 2 saturated heterocycles. The number of piperidine rings is 1. The molecular weight excluding hydrogens is 234 g/mol. The van der Waals surface area contributed by atoms with Gasteiger partial charge in [-0.05, 0) is 66.5 Å². The molecule has 0 aromatic heterocycles. The second-order valence-electron chi connectivity index (χ2n) is 7.82. The molecule has 0 atom stereocenters. The van der Waals surface area contributed by atoms with Crippen molar-refractivity contribution in [1.82, 2.24) is 15.1 Å². The fraction of sp³-hybridized carbons (Fsp3) is 1.00. The molecule has 0 bridgehead atoms. The maximum Gasteiger partial charge on any atom is 0.0183 e. The molecule has 3 nitrogen and oxygen atoms in total. The van der Waals surface area contributed by atoms with Crippen LogP contribution >= 0.6 is 0 Å². The second-order valence-corrected chi connectivity index (χ2v) is 7.82. The lowest BCUT2D eigenvalue weighted by Gasteiger charge is -2.51. The Morgan fingerprint density at radius 3 is 1.74 bits per heavy atom. The summed E-state index contributed by atoms with van der Waals surface area (Å²) in [7, 11) is 0. The summed E-state index contributed by atoms with van der Waals surface area (Å²) in [4.78, 5) is 5.37. The van der Waals surface area contributed by atoms with Crippen LogP contribution in [0.1, 0.15) is 47.5 Å². The standard InChI is InChI=1S/C16H33N3/c1-15(2,3)18-10-12-19(13-11-18)16(4,5)14-6-8-17-9-7-14/h14,17H,6-13H2,1-5H3. The van der Waals surface area contributed by atoms with Crippen LogP contribution in [-0.4, -0.2) is 60.1 Å². The Kier molecular flexibility index (Phi) is 4.59. The van der Waals surface area contributed by atoms with E-state index in [4.69, 9.17) is 0 Å². The van der Waals surface area contributed by atoms with Crippen molar-refractivity contribution >= 4 is 0 Å². The highest BCUT2D eigenvalue weighted by molar-refractivity contribution is 4.94. The summed E-state index contributed by atoms with van der Waals surface area (Å²) in [5, 5.41) is 3.49. The Hall–Kier alpha value is -0.120. The second kappa shape index (κ2) is 5.71. The number of rotatable bonds is 2. The van der Waals surface area contributed by atoms with Gasteiger partial charge >= 0.3 is 0 Å². The number of nitrogens with one attached hydrogen (secondary N) is 1. The lowest BCUT2D eigenvalue weighted by atomic mass is 9.79. The molecule has 2 heterocycles. The minimum Gasteiger partial charge on any atom is -0.317 e. The van der Waals surface area contributed by atoms with E-state index in [0.29, 0.717) is 11.1 Å². The van der Waals surface area contributed by atoms with Gasteiger partial charge in [0.25, 0.3) is 0 Å². The Morgan fingerprint density at radius 2 is 1.26 bits per heavy atom. The Bertz CT molecular complexity index is 279. The zero-order valence-corrected chi connectivity index (χ0v) is 13.6. The van der Waals surface area contributed by atoms with Crippen molar-refractivity contribution in [1.29, 1.82) is 0 Å². The van der Waals surface area contributed by atoms with E-state index in [1.807, 2.05) is 0 Å². The molecule has 0 radical (unpaired) electrons. The minimum atomic E-state index is 0.324. The van der Waals surface area contributed by atoms with E-state index in [2.05, 4.69) is 49.7 Å². The first-order chi connectivity index (χ1) is 8.82. The highest BCUT2D eigenvalue weighted by Crippen LogP contribution is 2.32. The van der Waals surface area contributed by atoms with Crippen molar-refractivity contribution in [3.8, 4) is 0 Å². The molecule has 3 heteroatoms. The number of nitrogens with zero attached hydrogens (tertiary/aromatic N) is 2. The molecule has 2 rings (SSSR count). The highest BCUT2D eigenvalue weighted by atomic mass is 15.3. The summed E-state index contributed by atoms with van der Waals surface area (Å²) in [5.41, 5.74) is 0.692. The third-order valence-electron chi connectivity index (χ3n) is 5.38. The minimum absolute atomic E-state index is 0.324. The van der Waals surface area contributed by atoms with Gasteiger partial charge in [0.1, 0.15) is 0 Å². The lowest BCUT2D eigenvalue weighted by molar-refractivity contribution is -0.0161. The van der Waals surface area contributed by atoms with E-state index in [1.54, 1.807) is 0 Å². The van der Waals surface area contributed by atoms with E-state index < -0.39 is 0 Å². The largest absolute Gasteiger partial charge is 0.317 e. The normalized spacial score (nSPS) is 25.7. The van der Waals surface area contributed by atoms with Gasteiger partial charge in [-0.2, -0.15) is 0 Å². The molecule has 1 N–H and O–H groups in total. The first kappa shape index (κ1) is 15.3. The van der Waals surface area contributed by atoms with Crippen molar-refractivity contribution in [3.05, 3.63) is 0 Å². The van der Waals surface area contributed by atoms with E-state index in [-0.39, 0.29) is 0 Å². The summed E-state index contributed by atoms with van der Waals surface area (Å²) in [6.07, 6.45) is 2.68. The molecule has 0 amide bonds. The molecular formula is C16H33N3. The Morgan fingerprint density at radius 1 is 0.789 bits per heavy atom. The van der Waals surface area contributed by atoms with Crippen LogP contribution in [0.25, 0.3) is 0 Å². The van der Waals surface area contributed by atoms with Crippen LogP contribution in [0.3, 0.4) is 0 Å². The highest BCUT2D eigenvalue weighted by Gasteiger charge is 2.38. The van der Waals surface area contributed by atoms with Crippen LogP contribution in [0.15, 0.2) is 0 Å². The molecule has 2 fully saturated rings. The van der Waals surface area contributed by atoms with Gasteiger partial charge in [0.15, 0.2) is 0 Å². The third-order valence-corrected chi connectivity index (χ3v) is 5.38. The number of hydrogen-bond acceptors (Lipinski definition) is 3. The summed E-state index contributed by atoms with van der Waals surface area (Å²) < 4.78 is 0. The summed E-state index contributed by atoms with van der Waals surface area (Å²) >= 11 is 0. The third kappa shape index (κ3) is 3.50. The average Bonchev–Trinajstić information content (AvgIpc) is 2.39. The summed E-state index contributed by atoms with van der Waals surface area (Å²) in [5.74, 6) is 0.856. The molecule has 112 valence electrons. The molecule has 2 aliphatic heterocycles. The van der Waals surface area contributed by atoms with E-state index in [0.717, 1.165) is 5.92 Å². The maximum atomic E-state index is 3.49. The molecule has 0 spiro atoms. The van der Waals surface area contributed by atoms with Gasteiger partial charge in [0.2, 0.25) is 0 Å². The first-order valence-electron chi connectivity index (χ1n) is 8.02. The average molecular weight is 267 g/mol. The topological polar surface area (TPSA) is 18.5 Å². The van der Waals surface area contributed by atoms with Crippen LogP contribution < -0.4 is 5.32 Å². The molecule has 0 aromatic rings. The monoisotopic (exact) mass is 267 g/mol. The van der Waals surface area contributed by atoms with E-state index in [9.17, 15) is 0 Å². The van der Waals surface area contributed by atoms with Crippen molar-refractivity contribution in [2.45, 2.75) is 58.5 Å². The van der Waals surface area contributed by atoms with Gasteiger partial charge in [-0.3, -0.25) is 9.80 Å². The predicted molar refractivity (Wildman–Crippen MR) is 82.6 cm³/mol. The number of hydrogen-bond donors (Lipinski definition) is 1. The van der Waals surface area contributed by atoms with Gasteiger partial charge in [0.05, 0.1) is 0 Å². The van der Waals surface area contributed by atoms with Crippen molar-refractivity contribution < 1.29 is 0 Å². The Balaban J connectivity index is 1.92. The fourth-order valence-electron chi connectivity index (χ4n) is 3.74. The zero-order valence-electron chi connectivity index (χ0n) is 13.6.